The number of fused-ring (bicyclic) bond motifs is 2. The van der Waals surface area contributed by atoms with Gasteiger partial charge >= 0.3 is 0 Å². The first kappa shape index (κ1) is 12.3. The number of benzene rings is 2. The van der Waals surface area contributed by atoms with Gasteiger partial charge in [-0.05, 0) is 30.5 Å². The van der Waals surface area contributed by atoms with E-state index in [2.05, 4.69) is 46.5 Å². The second kappa shape index (κ2) is 4.82. The van der Waals surface area contributed by atoms with Crippen molar-refractivity contribution in [2.75, 3.05) is 5.32 Å². The van der Waals surface area contributed by atoms with Crippen LogP contribution in [0.15, 0.2) is 54.7 Å². The van der Waals surface area contributed by atoms with E-state index in [0.29, 0.717) is 5.95 Å². The quantitative estimate of drug-likeness (QED) is 0.571. The van der Waals surface area contributed by atoms with E-state index in [9.17, 15) is 0 Å². The maximum absolute atomic E-state index is 4.54. The molecule has 2 aromatic heterocycles. The monoisotopic (exact) mass is 291 g/mol. The van der Waals surface area contributed by atoms with Gasteiger partial charge in [0.1, 0.15) is 0 Å². The Balaban J connectivity index is 1.71. The van der Waals surface area contributed by atoms with Gasteiger partial charge in [-0.15, -0.1) is 11.3 Å². The fourth-order valence-electron chi connectivity index (χ4n) is 2.37. The highest BCUT2D eigenvalue weighted by molar-refractivity contribution is 7.22. The van der Waals surface area contributed by atoms with E-state index in [1.807, 2.05) is 30.5 Å². The number of hydrogen-bond donors (Lipinski definition) is 1. The zero-order valence-corrected chi connectivity index (χ0v) is 12.3. The zero-order valence-electron chi connectivity index (χ0n) is 11.5. The summed E-state index contributed by atoms with van der Waals surface area (Å²) in [6.45, 7) is 2.11. The van der Waals surface area contributed by atoms with Crippen molar-refractivity contribution in [3.05, 3.63) is 60.3 Å². The van der Waals surface area contributed by atoms with Crippen LogP contribution in [0.4, 0.5) is 10.9 Å². The van der Waals surface area contributed by atoms with Crippen molar-refractivity contribution in [1.82, 2.24) is 9.97 Å². The molecule has 0 bridgehead atoms. The van der Waals surface area contributed by atoms with Gasteiger partial charge in [0.2, 0.25) is 5.95 Å². The molecular weight excluding hydrogens is 278 g/mol. The predicted octanol–water partition coefficient (Wildman–Crippen LogP) is 4.90. The van der Waals surface area contributed by atoms with Gasteiger partial charge in [0.15, 0.2) is 0 Å². The maximum Gasteiger partial charge on any atom is 0.228 e. The summed E-state index contributed by atoms with van der Waals surface area (Å²) in [5.74, 6) is 0.636. The van der Waals surface area contributed by atoms with Crippen molar-refractivity contribution < 1.29 is 0 Å². The number of nitrogens with zero attached hydrogens (tertiary/aromatic N) is 2. The lowest BCUT2D eigenvalue weighted by Crippen LogP contribution is -1.94. The molecule has 4 heteroatoms. The molecule has 0 aliphatic heterocycles. The smallest absolute Gasteiger partial charge is 0.228 e. The first-order valence-electron chi connectivity index (χ1n) is 6.77. The highest BCUT2D eigenvalue weighted by Gasteiger charge is 2.04. The van der Waals surface area contributed by atoms with Crippen LogP contribution in [-0.2, 0) is 0 Å². The van der Waals surface area contributed by atoms with Crippen molar-refractivity contribution in [1.29, 1.82) is 0 Å². The average Bonchev–Trinajstić information content (AvgIpc) is 2.88. The number of aromatic nitrogens is 2. The van der Waals surface area contributed by atoms with E-state index in [1.54, 1.807) is 11.3 Å². The first-order chi connectivity index (χ1) is 10.3. The lowest BCUT2D eigenvalue weighted by molar-refractivity contribution is 1.22. The minimum atomic E-state index is 0.636. The molecular formula is C17H13N3S. The second-order valence-corrected chi connectivity index (χ2v) is 6.11. The highest BCUT2D eigenvalue weighted by Crippen LogP contribution is 2.31. The predicted molar refractivity (Wildman–Crippen MR) is 89.4 cm³/mol. The third-order valence-corrected chi connectivity index (χ3v) is 4.43. The summed E-state index contributed by atoms with van der Waals surface area (Å²) in [5, 5.41) is 6.67. The Hall–Kier alpha value is -2.46. The van der Waals surface area contributed by atoms with E-state index < -0.39 is 0 Å². The van der Waals surface area contributed by atoms with Crippen molar-refractivity contribution in [2.24, 2.45) is 0 Å². The number of para-hydroxylation sites is 1. The Morgan fingerprint density at radius 3 is 2.86 bits per heavy atom. The van der Waals surface area contributed by atoms with Crippen LogP contribution >= 0.6 is 11.3 Å². The molecule has 4 aromatic rings. The lowest BCUT2D eigenvalue weighted by Gasteiger charge is -2.02. The summed E-state index contributed by atoms with van der Waals surface area (Å²) in [5.41, 5.74) is 2.22. The minimum Gasteiger partial charge on any atom is -0.316 e. The minimum absolute atomic E-state index is 0.636. The van der Waals surface area contributed by atoms with Crippen molar-refractivity contribution >= 4 is 43.3 Å². The number of thiophene rings is 1. The van der Waals surface area contributed by atoms with Crippen LogP contribution in [0.2, 0.25) is 0 Å². The van der Waals surface area contributed by atoms with Gasteiger partial charge in [0.05, 0.1) is 10.5 Å². The molecule has 2 heterocycles. The molecule has 0 radical (unpaired) electrons. The van der Waals surface area contributed by atoms with Gasteiger partial charge < -0.3 is 5.32 Å². The molecule has 0 unspecified atom stereocenters. The normalized spacial score (nSPS) is 11.1. The molecule has 4 rings (SSSR count). The zero-order chi connectivity index (χ0) is 14.2. The molecule has 0 saturated heterocycles. The van der Waals surface area contributed by atoms with E-state index in [-0.39, 0.29) is 0 Å². The summed E-state index contributed by atoms with van der Waals surface area (Å²) in [6.07, 6.45) is 1.85. The number of rotatable bonds is 2. The van der Waals surface area contributed by atoms with Gasteiger partial charge in [-0.1, -0.05) is 35.9 Å². The summed E-state index contributed by atoms with van der Waals surface area (Å²) < 4.78 is 1.27. The molecule has 2 aromatic carbocycles. The largest absolute Gasteiger partial charge is 0.316 e. The van der Waals surface area contributed by atoms with E-state index in [4.69, 9.17) is 0 Å². The Kier molecular flexibility index (Phi) is 2.82. The van der Waals surface area contributed by atoms with E-state index in [0.717, 1.165) is 15.9 Å². The number of aryl methyl sites for hydroxylation is 1. The third kappa shape index (κ3) is 2.34. The van der Waals surface area contributed by atoms with Crippen molar-refractivity contribution in [3.63, 3.8) is 0 Å². The maximum atomic E-state index is 4.54. The van der Waals surface area contributed by atoms with Gasteiger partial charge in [0.25, 0.3) is 0 Å². The number of anilines is 2. The molecule has 0 atom stereocenters. The molecule has 0 amide bonds. The molecule has 0 spiro atoms. The van der Waals surface area contributed by atoms with Gasteiger partial charge in [-0.3, -0.25) is 0 Å². The molecule has 0 saturated carbocycles. The fourth-order valence-corrected chi connectivity index (χ4v) is 3.30. The molecule has 3 nitrogen and oxygen atoms in total. The molecule has 0 aliphatic carbocycles. The SMILES string of the molecule is Cc1ccc2sc(Nc3ncc4ccccc4n3)cc2c1. The van der Waals surface area contributed by atoms with Crippen LogP contribution in [0.25, 0.3) is 21.0 Å². The van der Waals surface area contributed by atoms with Crippen LogP contribution in [0.1, 0.15) is 5.56 Å². The topological polar surface area (TPSA) is 37.8 Å². The van der Waals surface area contributed by atoms with Gasteiger partial charge in [-0.25, -0.2) is 9.97 Å². The Morgan fingerprint density at radius 1 is 1.00 bits per heavy atom. The van der Waals surface area contributed by atoms with E-state index in [1.165, 1.54) is 15.6 Å². The summed E-state index contributed by atoms with van der Waals surface area (Å²) in [4.78, 5) is 8.92. The second-order valence-electron chi connectivity index (χ2n) is 5.03. The van der Waals surface area contributed by atoms with Gasteiger partial charge in [-0.2, -0.15) is 0 Å². The fraction of sp³-hybridized carbons (Fsp3) is 0.0588. The standard InChI is InChI=1S/C17H13N3S/c1-11-6-7-15-13(8-11)9-16(21-15)20-17-18-10-12-4-2-3-5-14(12)19-17/h2-10H,1H3,(H,18,19,20). The highest BCUT2D eigenvalue weighted by atomic mass is 32.1. The molecule has 0 aliphatic rings. The average molecular weight is 291 g/mol. The van der Waals surface area contributed by atoms with Crippen LogP contribution in [-0.4, -0.2) is 9.97 Å². The van der Waals surface area contributed by atoms with Crippen LogP contribution in [0.5, 0.6) is 0 Å². The van der Waals surface area contributed by atoms with Gasteiger partial charge in [0, 0.05) is 16.3 Å². The van der Waals surface area contributed by atoms with Crippen LogP contribution in [0.3, 0.4) is 0 Å². The summed E-state index contributed by atoms with van der Waals surface area (Å²) >= 11 is 1.72. The Morgan fingerprint density at radius 2 is 1.90 bits per heavy atom. The van der Waals surface area contributed by atoms with Crippen LogP contribution in [0, 0.1) is 6.92 Å². The van der Waals surface area contributed by atoms with E-state index >= 15 is 0 Å². The molecule has 102 valence electrons. The third-order valence-electron chi connectivity index (χ3n) is 3.40. The number of nitrogens with one attached hydrogen (secondary N) is 1. The van der Waals surface area contributed by atoms with Crippen LogP contribution < -0.4 is 5.32 Å². The van der Waals surface area contributed by atoms with Crippen molar-refractivity contribution in [2.45, 2.75) is 6.92 Å². The molecule has 1 N–H and O–H groups in total. The molecule has 21 heavy (non-hydrogen) atoms. The molecule has 0 fully saturated rings. The Bertz CT molecular complexity index is 943. The summed E-state index contributed by atoms with van der Waals surface area (Å²) in [6, 6.07) is 16.6. The first-order valence-corrected chi connectivity index (χ1v) is 7.59. The lowest BCUT2D eigenvalue weighted by atomic mass is 10.2. The Labute approximate surface area is 126 Å². The van der Waals surface area contributed by atoms with Crippen molar-refractivity contribution in [3.8, 4) is 0 Å². The number of hydrogen-bond acceptors (Lipinski definition) is 4. The summed E-state index contributed by atoms with van der Waals surface area (Å²) in [7, 11) is 0.